The largest absolute Gasteiger partial charge is 0.495 e. The number of carbonyl (C=O) groups is 2. The van der Waals surface area contributed by atoms with E-state index in [1.807, 2.05) is 6.07 Å². The zero-order chi connectivity index (χ0) is 25.0. The molecule has 2 amide bonds. The number of hydrazone groups is 1. The molecule has 2 aliphatic rings. The van der Waals surface area contributed by atoms with Gasteiger partial charge in [0, 0.05) is 19.5 Å². The Bertz CT molecular complexity index is 1220. The lowest BCUT2D eigenvalue weighted by Crippen LogP contribution is -2.39. The van der Waals surface area contributed by atoms with Crippen LogP contribution in [0.5, 0.6) is 5.75 Å². The average molecular weight is 500 g/mol. The lowest BCUT2D eigenvalue weighted by Gasteiger charge is -2.21. The van der Waals surface area contributed by atoms with E-state index in [1.165, 1.54) is 34.6 Å². The van der Waals surface area contributed by atoms with Gasteiger partial charge in [0.25, 0.3) is 5.91 Å². The Morgan fingerprint density at radius 1 is 1.06 bits per heavy atom. The van der Waals surface area contributed by atoms with E-state index in [1.54, 1.807) is 24.3 Å². The molecular formula is C24H29N5O5S. The van der Waals surface area contributed by atoms with E-state index >= 15 is 0 Å². The third-order valence-electron chi connectivity index (χ3n) is 6.14. The fourth-order valence-corrected chi connectivity index (χ4v) is 5.80. The van der Waals surface area contributed by atoms with Gasteiger partial charge in [0.05, 0.1) is 23.4 Å². The summed E-state index contributed by atoms with van der Waals surface area (Å²) in [4.78, 5) is 25.2. The Balaban J connectivity index is 1.59. The summed E-state index contributed by atoms with van der Waals surface area (Å²) in [5.74, 6) is -0.876. The van der Waals surface area contributed by atoms with Crippen LogP contribution in [0, 0.1) is 0 Å². The van der Waals surface area contributed by atoms with Gasteiger partial charge in [-0.1, -0.05) is 31.0 Å². The van der Waals surface area contributed by atoms with Crippen molar-refractivity contribution in [1.82, 2.24) is 4.31 Å². The number of ether oxygens (including phenoxy) is 1. The Kier molecular flexibility index (Phi) is 7.37. The van der Waals surface area contributed by atoms with E-state index < -0.39 is 27.9 Å². The zero-order valence-corrected chi connectivity index (χ0v) is 20.3. The van der Waals surface area contributed by atoms with Crippen molar-refractivity contribution in [2.45, 2.75) is 43.0 Å². The molecule has 1 saturated heterocycles. The van der Waals surface area contributed by atoms with Crippen molar-refractivity contribution in [1.29, 1.82) is 0 Å². The van der Waals surface area contributed by atoms with Crippen LogP contribution in [0.1, 0.15) is 32.1 Å². The number of benzene rings is 2. The summed E-state index contributed by atoms with van der Waals surface area (Å²) < 4.78 is 33.3. The van der Waals surface area contributed by atoms with Crippen LogP contribution in [-0.4, -0.2) is 56.5 Å². The molecule has 2 aromatic carbocycles. The van der Waals surface area contributed by atoms with E-state index in [0.29, 0.717) is 24.5 Å². The number of amides is 2. The predicted molar refractivity (Wildman–Crippen MR) is 133 cm³/mol. The van der Waals surface area contributed by atoms with E-state index in [4.69, 9.17) is 10.5 Å². The second-order valence-electron chi connectivity index (χ2n) is 8.48. The summed E-state index contributed by atoms with van der Waals surface area (Å²) in [6.45, 7) is 0.938. The van der Waals surface area contributed by atoms with Crippen LogP contribution in [0.25, 0.3) is 0 Å². The fourth-order valence-electron chi connectivity index (χ4n) is 4.26. The van der Waals surface area contributed by atoms with Crippen molar-refractivity contribution in [3.63, 3.8) is 0 Å². The molecule has 1 atom stereocenters. The Morgan fingerprint density at radius 3 is 2.37 bits per heavy atom. The lowest BCUT2D eigenvalue weighted by atomic mass is 10.1. The van der Waals surface area contributed by atoms with Crippen molar-refractivity contribution in [3.8, 4) is 5.75 Å². The molecule has 0 spiro atoms. The molecule has 0 radical (unpaired) electrons. The van der Waals surface area contributed by atoms with Crippen LogP contribution < -0.4 is 20.8 Å². The first-order valence-corrected chi connectivity index (χ1v) is 13.0. The standard InChI is InChI=1S/C24H29N5O5S/c1-34-22-12-11-18(35(32,33)28-13-7-2-3-8-14-28)15-19(22)26-24(31)20-16-21(23(25)30)29(27-20)17-9-5-4-6-10-17/h4-6,9-12,15,21H,2-3,7-8,13-14,16H2,1H3,(H2,25,30)(H,26,31). The molecule has 0 bridgehead atoms. The van der Waals surface area contributed by atoms with Gasteiger partial charge in [-0.05, 0) is 43.2 Å². The van der Waals surface area contributed by atoms with Gasteiger partial charge in [0.2, 0.25) is 15.9 Å². The van der Waals surface area contributed by atoms with E-state index in [0.717, 1.165) is 25.7 Å². The van der Waals surface area contributed by atoms with Gasteiger partial charge in [0.15, 0.2) is 0 Å². The molecule has 1 fully saturated rings. The third-order valence-corrected chi connectivity index (χ3v) is 8.04. The molecule has 0 aliphatic carbocycles. The van der Waals surface area contributed by atoms with E-state index in [2.05, 4.69) is 10.4 Å². The minimum absolute atomic E-state index is 0.0180. The maximum absolute atomic E-state index is 13.2. The number of nitrogens with one attached hydrogen (secondary N) is 1. The molecule has 10 nitrogen and oxygen atoms in total. The fraction of sp³-hybridized carbons (Fsp3) is 0.375. The number of sulfonamides is 1. The molecular weight excluding hydrogens is 470 g/mol. The SMILES string of the molecule is COc1ccc(S(=O)(=O)N2CCCCCC2)cc1NC(=O)C1=NN(c2ccccc2)C(C(N)=O)C1. The third kappa shape index (κ3) is 5.30. The summed E-state index contributed by atoms with van der Waals surface area (Å²) in [7, 11) is -2.29. The van der Waals surface area contributed by atoms with E-state index in [-0.39, 0.29) is 22.7 Å². The summed E-state index contributed by atoms with van der Waals surface area (Å²) in [5.41, 5.74) is 6.48. The van der Waals surface area contributed by atoms with Gasteiger partial charge >= 0.3 is 0 Å². The first-order valence-electron chi connectivity index (χ1n) is 11.5. The molecule has 186 valence electrons. The van der Waals surface area contributed by atoms with Crippen molar-refractivity contribution in [2.75, 3.05) is 30.5 Å². The Morgan fingerprint density at radius 2 is 1.74 bits per heavy atom. The molecule has 2 heterocycles. The van der Waals surface area contributed by atoms with Crippen LogP contribution in [0.4, 0.5) is 11.4 Å². The smallest absolute Gasteiger partial charge is 0.272 e. The summed E-state index contributed by atoms with van der Waals surface area (Å²) in [6, 6.07) is 12.5. The maximum atomic E-state index is 13.2. The quantitative estimate of drug-likeness (QED) is 0.600. The maximum Gasteiger partial charge on any atom is 0.272 e. The van der Waals surface area contributed by atoms with Crippen LogP contribution in [0.15, 0.2) is 58.5 Å². The Labute approximate surface area is 204 Å². The lowest BCUT2D eigenvalue weighted by molar-refractivity contribution is -0.119. The average Bonchev–Trinajstić information content (AvgIpc) is 3.13. The van der Waals surface area contributed by atoms with Crippen LogP contribution in [0.2, 0.25) is 0 Å². The summed E-state index contributed by atoms with van der Waals surface area (Å²) in [6.07, 6.45) is 3.66. The van der Waals surface area contributed by atoms with Crippen LogP contribution in [0.3, 0.4) is 0 Å². The highest BCUT2D eigenvalue weighted by Gasteiger charge is 2.35. The van der Waals surface area contributed by atoms with Gasteiger partial charge < -0.3 is 15.8 Å². The van der Waals surface area contributed by atoms with Crippen LogP contribution >= 0.6 is 0 Å². The molecule has 3 N–H and O–H groups in total. The number of rotatable bonds is 7. The van der Waals surface area contributed by atoms with Crippen molar-refractivity contribution in [3.05, 3.63) is 48.5 Å². The zero-order valence-electron chi connectivity index (χ0n) is 19.5. The first kappa shape index (κ1) is 24.7. The summed E-state index contributed by atoms with van der Waals surface area (Å²) in [5, 5.41) is 8.47. The Hall–Kier alpha value is -3.44. The number of anilines is 2. The van der Waals surface area contributed by atoms with Gasteiger partial charge in [-0.15, -0.1) is 0 Å². The highest BCUT2D eigenvalue weighted by Crippen LogP contribution is 2.31. The molecule has 0 saturated carbocycles. The van der Waals surface area contributed by atoms with Gasteiger partial charge in [-0.25, -0.2) is 8.42 Å². The second kappa shape index (κ2) is 10.4. The molecule has 1 unspecified atom stereocenters. The number of para-hydroxylation sites is 1. The number of nitrogens with two attached hydrogens (primary N) is 1. The predicted octanol–water partition coefficient (Wildman–Crippen LogP) is 2.32. The van der Waals surface area contributed by atoms with Crippen molar-refractivity contribution >= 4 is 38.9 Å². The molecule has 2 aliphatic heterocycles. The highest BCUT2D eigenvalue weighted by molar-refractivity contribution is 7.89. The van der Waals surface area contributed by atoms with Gasteiger partial charge in [0.1, 0.15) is 17.5 Å². The van der Waals surface area contributed by atoms with Crippen molar-refractivity contribution < 1.29 is 22.7 Å². The molecule has 4 rings (SSSR count). The normalized spacial score (nSPS) is 19.1. The number of hydrogen-bond acceptors (Lipinski definition) is 7. The molecule has 11 heteroatoms. The monoisotopic (exact) mass is 499 g/mol. The van der Waals surface area contributed by atoms with Crippen molar-refractivity contribution in [2.24, 2.45) is 10.8 Å². The number of nitrogens with zero attached hydrogens (tertiary/aromatic N) is 3. The summed E-state index contributed by atoms with van der Waals surface area (Å²) >= 11 is 0. The first-order chi connectivity index (χ1) is 16.8. The number of carbonyl (C=O) groups excluding carboxylic acids is 2. The molecule has 0 aromatic heterocycles. The topological polar surface area (TPSA) is 134 Å². The van der Waals surface area contributed by atoms with Gasteiger partial charge in [-0.3, -0.25) is 14.6 Å². The number of primary amides is 1. The minimum atomic E-state index is -3.73. The second-order valence-corrected chi connectivity index (χ2v) is 10.4. The molecule has 2 aromatic rings. The van der Waals surface area contributed by atoms with E-state index in [9.17, 15) is 18.0 Å². The number of hydrogen-bond donors (Lipinski definition) is 2. The highest BCUT2D eigenvalue weighted by atomic mass is 32.2. The molecule has 35 heavy (non-hydrogen) atoms. The van der Waals surface area contributed by atoms with Crippen LogP contribution in [-0.2, 0) is 19.6 Å². The minimum Gasteiger partial charge on any atom is -0.495 e. The number of methoxy groups -OCH3 is 1. The van der Waals surface area contributed by atoms with Gasteiger partial charge in [-0.2, -0.15) is 9.41 Å².